The SMILES string of the molecule is COc1cc(OC)cc(C(=O)OCC(=O)NC(=O)c2ccccc2)c1. The molecule has 0 aliphatic rings. The minimum Gasteiger partial charge on any atom is -0.497 e. The predicted octanol–water partition coefficient (Wildman–Crippen LogP) is 1.82. The Kier molecular flexibility index (Phi) is 6.11. The highest BCUT2D eigenvalue weighted by Gasteiger charge is 2.15. The Hall–Kier alpha value is -3.35. The van der Waals surface area contributed by atoms with Crippen molar-refractivity contribution in [3.05, 3.63) is 59.7 Å². The van der Waals surface area contributed by atoms with Gasteiger partial charge in [-0.1, -0.05) is 18.2 Å². The third kappa shape index (κ3) is 5.07. The van der Waals surface area contributed by atoms with Gasteiger partial charge in [-0.15, -0.1) is 0 Å². The molecule has 0 unspecified atom stereocenters. The molecule has 2 rings (SSSR count). The average molecular weight is 343 g/mol. The first-order chi connectivity index (χ1) is 12.0. The minimum atomic E-state index is -0.737. The first kappa shape index (κ1) is 18.0. The molecule has 2 aromatic rings. The van der Waals surface area contributed by atoms with E-state index in [2.05, 4.69) is 5.32 Å². The molecule has 0 spiro atoms. The van der Waals surface area contributed by atoms with Gasteiger partial charge in [0.2, 0.25) is 0 Å². The molecule has 0 bridgehead atoms. The lowest BCUT2D eigenvalue weighted by Crippen LogP contribution is -2.34. The number of ether oxygens (including phenoxy) is 3. The molecule has 0 heterocycles. The van der Waals surface area contributed by atoms with Gasteiger partial charge in [0.15, 0.2) is 6.61 Å². The van der Waals surface area contributed by atoms with E-state index < -0.39 is 24.4 Å². The van der Waals surface area contributed by atoms with Gasteiger partial charge in [-0.2, -0.15) is 0 Å². The molecule has 130 valence electrons. The van der Waals surface area contributed by atoms with Crippen LogP contribution in [0.15, 0.2) is 48.5 Å². The van der Waals surface area contributed by atoms with Crippen molar-refractivity contribution >= 4 is 17.8 Å². The number of amides is 2. The summed E-state index contributed by atoms with van der Waals surface area (Å²) in [5.74, 6) is -1.20. The van der Waals surface area contributed by atoms with Gasteiger partial charge in [0.1, 0.15) is 11.5 Å². The summed E-state index contributed by atoms with van der Waals surface area (Å²) in [7, 11) is 2.90. The number of carbonyl (C=O) groups excluding carboxylic acids is 3. The van der Waals surface area contributed by atoms with Crippen LogP contribution in [0.5, 0.6) is 11.5 Å². The smallest absolute Gasteiger partial charge is 0.338 e. The van der Waals surface area contributed by atoms with E-state index in [4.69, 9.17) is 14.2 Å². The van der Waals surface area contributed by atoms with Gasteiger partial charge in [-0.25, -0.2) is 4.79 Å². The molecule has 1 N–H and O–H groups in total. The topological polar surface area (TPSA) is 90.9 Å². The molecule has 0 radical (unpaired) electrons. The number of esters is 1. The van der Waals surface area contributed by atoms with Gasteiger partial charge < -0.3 is 14.2 Å². The van der Waals surface area contributed by atoms with E-state index >= 15 is 0 Å². The van der Waals surface area contributed by atoms with Crippen molar-refractivity contribution in [2.45, 2.75) is 0 Å². The Bertz CT molecular complexity index is 750. The number of carbonyl (C=O) groups is 3. The molecule has 25 heavy (non-hydrogen) atoms. The summed E-state index contributed by atoms with van der Waals surface area (Å²) in [6.07, 6.45) is 0. The van der Waals surface area contributed by atoms with E-state index in [0.29, 0.717) is 17.1 Å². The zero-order chi connectivity index (χ0) is 18.2. The first-order valence-corrected chi connectivity index (χ1v) is 7.33. The minimum absolute atomic E-state index is 0.165. The lowest BCUT2D eigenvalue weighted by molar-refractivity contribution is -0.123. The highest BCUT2D eigenvalue weighted by Crippen LogP contribution is 2.22. The Morgan fingerprint density at radius 2 is 1.48 bits per heavy atom. The zero-order valence-corrected chi connectivity index (χ0v) is 13.8. The Labute approximate surface area is 144 Å². The maximum atomic E-state index is 12.0. The standard InChI is InChI=1S/C18H17NO6/c1-23-14-8-13(9-15(10-14)24-2)18(22)25-11-16(20)19-17(21)12-6-4-3-5-7-12/h3-10H,11H2,1-2H3,(H,19,20,21). The maximum Gasteiger partial charge on any atom is 0.338 e. The monoisotopic (exact) mass is 343 g/mol. The number of imide groups is 1. The molecule has 0 aliphatic carbocycles. The summed E-state index contributed by atoms with van der Waals surface area (Å²) >= 11 is 0. The van der Waals surface area contributed by atoms with Gasteiger partial charge in [0.05, 0.1) is 19.8 Å². The third-order valence-electron chi connectivity index (χ3n) is 3.21. The number of nitrogens with one attached hydrogen (secondary N) is 1. The Balaban J connectivity index is 1.93. The van der Waals surface area contributed by atoms with E-state index in [1.165, 1.54) is 26.4 Å². The van der Waals surface area contributed by atoms with Gasteiger partial charge in [0.25, 0.3) is 11.8 Å². The van der Waals surface area contributed by atoms with Crippen LogP contribution in [0.1, 0.15) is 20.7 Å². The maximum absolute atomic E-state index is 12.0. The molecule has 2 amide bonds. The fourth-order valence-electron chi connectivity index (χ4n) is 1.96. The Morgan fingerprint density at radius 3 is 2.04 bits per heavy atom. The molecule has 0 aromatic heterocycles. The van der Waals surface area contributed by atoms with Crippen molar-refractivity contribution in [2.24, 2.45) is 0 Å². The molecule has 2 aromatic carbocycles. The summed E-state index contributed by atoms with van der Waals surface area (Å²) in [6.45, 7) is -0.586. The second-order valence-electron chi connectivity index (χ2n) is 4.92. The summed E-state index contributed by atoms with van der Waals surface area (Å²) in [6, 6.07) is 12.8. The van der Waals surface area contributed by atoms with Gasteiger partial charge in [-0.05, 0) is 24.3 Å². The van der Waals surface area contributed by atoms with Crippen LogP contribution in [-0.2, 0) is 9.53 Å². The fraction of sp³-hybridized carbons (Fsp3) is 0.167. The third-order valence-corrected chi connectivity index (χ3v) is 3.21. The highest BCUT2D eigenvalue weighted by molar-refractivity contribution is 6.05. The van der Waals surface area contributed by atoms with E-state index in [0.717, 1.165) is 0 Å². The number of methoxy groups -OCH3 is 2. The quantitative estimate of drug-likeness (QED) is 0.805. The fourth-order valence-corrected chi connectivity index (χ4v) is 1.96. The van der Waals surface area contributed by atoms with Crippen molar-refractivity contribution in [3.63, 3.8) is 0 Å². The van der Waals surface area contributed by atoms with Crippen molar-refractivity contribution in [1.29, 1.82) is 0 Å². The van der Waals surface area contributed by atoms with Crippen LogP contribution in [0, 0.1) is 0 Å². The van der Waals surface area contributed by atoms with Crippen molar-refractivity contribution in [3.8, 4) is 11.5 Å². The van der Waals surface area contributed by atoms with E-state index in [9.17, 15) is 14.4 Å². The number of hydrogen-bond acceptors (Lipinski definition) is 6. The number of rotatable bonds is 6. The summed E-state index contributed by atoms with van der Waals surface area (Å²) in [5, 5.41) is 2.14. The van der Waals surface area contributed by atoms with Crippen molar-refractivity contribution in [2.75, 3.05) is 20.8 Å². The van der Waals surface area contributed by atoms with Gasteiger partial charge in [-0.3, -0.25) is 14.9 Å². The molecule has 7 heteroatoms. The second-order valence-corrected chi connectivity index (χ2v) is 4.92. The molecule has 0 atom stereocenters. The first-order valence-electron chi connectivity index (χ1n) is 7.33. The zero-order valence-electron chi connectivity index (χ0n) is 13.8. The van der Waals surface area contributed by atoms with Gasteiger partial charge in [0, 0.05) is 11.6 Å². The van der Waals surface area contributed by atoms with Crippen LogP contribution < -0.4 is 14.8 Å². The molecule has 0 saturated carbocycles. The van der Waals surface area contributed by atoms with Crippen molar-refractivity contribution in [1.82, 2.24) is 5.32 Å². The largest absolute Gasteiger partial charge is 0.497 e. The van der Waals surface area contributed by atoms with Crippen molar-refractivity contribution < 1.29 is 28.6 Å². The molecule has 7 nitrogen and oxygen atoms in total. The molecule has 0 fully saturated rings. The van der Waals surface area contributed by atoms with Gasteiger partial charge >= 0.3 is 5.97 Å². The van der Waals surface area contributed by atoms with Crippen LogP contribution in [0.4, 0.5) is 0 Å². The highest BCUT2D eigenvalue weighted by atomic mass is 16.5. The van der Waals surface area contributed by atoms with Crippen LogP contribution in [0.2, 0.25) is 0 Å². The van der Waals surface area contributed by atoms with E-state index in [-0.39, 0.29) is 5.56 Å². The lowest BCUT2D eigenvalue weighted by Gasteiger charge is -2.09. The Morgan fingerprint density at radius 1 is 0.880 bits per heavy atom. The van der Waals surface area contributed by atoms with E-state index in [1.54, 1.807) is 36.4 Å². The molecular weight excluding hydrogens is 326 g/mol. The molecule has 0 saturated heterocycles. The van der Waals surface area contributed by atoms with Crippen LogP contribution in [0.25, 0.3) is 0 Å². The predicted molar refractivity (Wildman–Crippen MR) is 88.7 cm³/mol. The van der Waals surface area contributed by atoms with Crippen LogP contribution in [-0.4, -0.2) is 38.6 Å². The van der Waals surface area contributed by atoms with E-state index in [1.807, 2.05) is 0 Å². The molecule has 0 aliphatic heterocycles. The average Bonchev–Trinajstić information content (AvgIpc) is 2.66. The number of hydrogen-bond donors (Lipinski definition) is 1. The second kappa shape index (κ2) is 8.49. The number of benzene rings is 2. The summed E-state index contributed by atoms with van der Waals surface area (Å²) < 4.78 is 15.0. The summed E-state index contributed by atoms with van der Waals surface area (Å²) in [4.78, 5) is 35.6. The van der Waals surface area contributed by atoms with Crippen LogP contribution in [0.3, 0.4) is 0 Å². The summed E-state index contributed by atoms with van der Waals surface area (Å²) in [5.41, 5.74) is 0.498. The normalized spacial score (nSPS) is 9.84. The van der Waals surface area contributed by atoms with Crippen LogP contribution >= 0.6 is 0 Å². The lowest BCUT2D eigenvalue weighted by atomic mass is 10.2. The molecular formula is C18H17NO6.